The number of furan rings is 1. The van der Waals surface area contributed by atoms with Gasteiger partial charge in [0.2, 0.25) is 0 Å². The van der Waals surface area contributed by atoms with E-state index in [1.54, 1.807) is 0 Å². The Kier molecular flexibility index (Phi) is 7.56. The molecule has 1 aliphatic rings. The van der Waals surface area contributed by atoms with Crippen LogP contribution in [0.1, 0.15) is 11.3 Å². The number of nitrogens with one attached hydrogen (secondary N) is 1. The fourth-order valence-corrected chi connectivity index (χ4v) is 7.00. The van der Waals surface area contributed by atoms with Crippen LogP contribution in [0, 0.1) is 0 Å². The van der Waals surface area contributed by atoms with Gasteiger partial charge in [-0.1, -0.05) is 140 Å². The second kappa shape index (κ2) is 12.8. The molecule has 0 saturated heterocycles. The highest BCUT2D eigenvalue weighted by Gasteiger charge is 2.20. The minimum absolute atomic E-state index is 0.690. The molecule has 3 heteroatoms. The number of hydrogen-bond acceptors (Lipinski definition) is 3. The Morgan fingerprint density at radius 1 is 0.460 bits per heavy atom. The van der Waals surface area contributed by atoms with Crippen molar-refractivity contribution in [1.82, 2.24) is 5.32 Å². The Hall–Kier alpha value is -6.58. The maximum absolute atomic E-state index is 6.40. The minimum atomic E-state index is 0.690. The van der Waals surface area contributed by atoms with Gasteiger partial charge in [-0.15, -0.1) is 0 Å². The van der Waals surface area contributed by atoms with Gasteiger partial charge in [-0.2, -0.15) is 0 Å². The summed E-state index contributed by atoms with van der Waals surface area (Å²) in [5, 5.41) is 4.40. The van der Waals surface area contributed by atoms with Crippen LogP contribution in [0.3, 0.4) is 0 Å². The molecule has 9 rings (SSSR count). The van der Waals surface area contributed by atoms with Gasteiger partial charge in [-0.05, 0) is 81.6 Å². The van der Waals surface area contributed by atoms with E-state index in [-0.39, 0.29) is 0 Å². The van der Waals surface area contributed by atoms with Gasteiger partial charge in [0.1, 0.15) is 11.3 Å². The van der Waals surface area contributed by atoms with Crippen LogP contribution in [0.5, 0.6) is 0 Å². The first-order valence-corrected chi connectivity index (χ1v) is 17.0. The number of hydrogen-bond donors (Lipinski definition) is 1. The zero-order valence-electron chi connectivity index (χ0n) is 27.5. The van der Waals surface area contributed by atoms with Crippen LogP contribution in [-0.2, 0) is 6.54 Å². The van der Waals surface area contributed by atoms with Crippen molar-refractivity contribution < 1.29 is 4.42 Å². The molecule has 0 atom stereocenters. The summed E-state index contributed by atoms with van der Waals surface area (Å²) in [4.78, 5) is 2.34. The summed E-state index contributed by atoms with van der Waals surface area (Å²) in [7, 11) is 0. The Balaban J connectivity index is 1.13. The highest BCUT2D eigenvalue weighted by molar-refractivity contribution is 5.95. The van der Waals surface area contributed by atoms with Crippen LogP contribution in [0.4, 0.5) is 17.1 Å². The lowest BCUT2D eigenvalue weighted by Crippen LogP contribution is -2.11. The number of rotatable bonds is 7. The largest absolute Gasteiger partial charge is 0.458 e. The molecular weight excluding hydrogens is 609 g/mol. The minimum Gasteiger partial charge on any atom is -0.458 e. The van der Waals surface area contributed by atoms with E-state index in [9.17, 15) is 0 Å². The van der Waals surface area contributed by atoms with E-state index in [1.165, 1.54) is 33.4 Å². The standard InChI is InChI=1S/C47H34N2O/c1-3-9-33(10-4-1)35-15-17-37(18-16-35)38-23-25-40(26-24-38)49(41-27-28-43-44-29-30-48-32-47(44)50-46(43)31-41)45-14-8-7-13-42(45)39-21-19-36(20-22-39)34-11-5-2-6-12-34/h1-31,48H,32H2. The molecule has 0 aliphatic carbocycles. The Bertz CT molecular complexity index is 2440. The third-order valence-electron chi connectivity index (χ3n) is 9.58. The summed E-state index contributed by atoms with van der Waals surface area (Å²) in [5.41, 5.74) is 14.7. The molecule has 3 nitrogen and oxygen atoms in total. The van der Waals surface area contributed by atoms with Gasteiger partial charge >= 0.3 is 0 Å². The molecule has 2 heterocycles. The van der Waals surface area contributed by atoms with E-state index in [2.05, 4.69) is 192 Å². The van der Waals surface area contributed by atoms with Crippen molar-refractivity contribution in [3.8, 4) is 44.5 Å². The van der Waals surface area contributed by atoms with Crippen LogP contribution >= 0.6 is 0 Å². The molecule has 7 aromatic carbocycles. The van der Waals surface area contributed by atoms with Crippen LogP contribution in [0.15, 0.2) is 187 Å². The Morgan fingerprint density at radius 3 is 1.58 bits per heavy atom. The van der Waals surface area contributed by atoms with Gasteiger partial charge in [0.25, 0.3) is 0 Å². The molecule has 0 fully saturated rings. The molecule has 238 valence electrons. The van der Waals surface area contributed by atoms with E-state index >= 15 is 0 Å². The summed E-state index contributed by atoms with van der Waals surface area (Å²) in [6, 6.07) is 62.9. The first-order chi connectivity index (χ1) is 24.8. The Labute approximate surface area is 292 Å². The van der Waals surface area contributed by atoms with Gasteiger partial charge in [0.15, 0.2) is 0 Å². The summed E-state index contributed by atoms with van der Waals surface area (Å²) in [6.07, 6.45) is 4.09. The van der Waals surface area contributed by atoms with Crippen LogP contribution in [0.25, 0.3) is 61.6 Å². The highest BCUT2D eigenvalue weighted by atomic mass is 16.3. The van der Waals surface area contributed by atoms with E-state index in [1.807, 2.05) is 6.20 Å². The van der Waals surface area contributed by atoms with Gasteiger partial charge in [-0.3, -0.25) is 0 Å². The lowest BCUT2D eigenvalue weighted by Gasteiger charge is -2.28. The molecule has 0 bridgehead atoms. The predicted octanol–water partition coefficient (Wildman–Crippen LogP) is 12.6. The fourth-order valence-electron chi connectivity index (χ4n) is 7.00. The van der Waals surface area contributed by atoms with Crippen molar-refractivity contribution in [2.24, 2.45) is 0 Å². The molecule has 0 radical (unpaired) electrons. The number of anilines is 3. The average molecular weight is 643 g/mol. The summed E-state index contributed by atoms with van der Waals surface area (Å²) < 4.78 is 6.40. The van der Waals surface area contributed by atoms with Crippen molar-refractivity contribution in [1.29, 1.82) is 0 Å². The van der Waals surface area contributed by atoms with Gasteiger partial charge in [0, 0.05) is 34.0 Å². The van der Waals surface area contributed by atoms with E-state index in [0.29, 0.717) is 6.54 Å². The number of benzene rings is 7. The second-order valence-electron chi connectivity index (χ2n) is 12.6. The summed E-state index contributed by atoms with van der Waals surface area (Å²) in [6.45, 7) is 0.690. The van der Waals surface area contributed by atoms with Crippen molar-refractivity contribution >= 4 is 34.1 Å². The van der Waals surface area contributed by atoms with Crippen molar-refractivity contribution in [2.75, 3.05) is 4.90 Å². The zero-order valence-corrected chi connectivity index (χ0v) is 27.5. The van der Waals surface area contributed by atoms with Crippen molar-refractivity contribution in [3.63, 3.8) is 0 Å². The second-order valence-corrected chi connectivity index (χ2v) is 12.6. The average Bonchev–Trinajstić information content (AvgIpc) is 3.57. The topological polar surface area (TPSA) is 28.4 Å². The first-order valence-electron chi connectivity index (χ1n) is 17.0. The Morgan fingerprint density at radius 2 is 0.960 bits per heavy atom. The molecule has 1 N–H and O–H groups in total. The fraction of sp³-hybridized carbons (Fsp3) is 0.0213. The quantitative estimate of drug-likeness (QED) is 0.187. The normalized spacial score (nSPS) is 12.0. The molecule has 50 heavy (non-hydrogen) atoms. The molecule has 0 saturated carbocycles. The third kappa shape index (κ3) is 5.55. The van der Waals surface area contributed by atoms with Gasteiger partial charge in [0.05, 0.1) is 12.2 Å². The lowest BCUT2D eigenvalue weighted by atomic mass is 9.98. The van der Waals surface area contributed by atoms with Crippen LogP contribution < -0.4 is 10.2 Å². The molecule has 8 aromatic rings. The van der Waals surface area contributed by atoms with Crippen LogP contribution in [-0.4, -0.2) is 0 Å². The van der Waals surface area contributed by atoms with Gasteiger partial charge < -0.3 is 14.6 Å². The zero-order chi connectivity index (χ0) is 33.3. The molecule has 0 unspecified atom stereocenters. The van der Waals surface area contributed by atoms with E-state index in [4.69, 9.17) is 4.42 Å². The SMILES string of the molecule is C1=Cc2c(oc3cc(N(c4ccc(-c5ccc(-c6ccccc6)cc5)cc4)c4ccccc4-c4ccc(-c5ccccc5)cc4)ccc23)CN1. The number of nitrogens with zero attached hydrogens (tertiary/aromatic N) is 1. The first kappa shape index (κ1) is 29.6. The molecule has 0 amide bonds. The number of fused-ring (bicyclic) bond motifs is 3. The monoisotopic (exact) mass is 642 g/mol. The van der Waals surface area contributed by atoms with Crippen LogP contribution in [0.2, 0.25) is 0 Å². The maximum atomic E-state index is 6.40. The molecule has 0 spiro atoms. The lowest BCUT2D eigenvalue weighted by molar-refractivity contribution is 0.532. The van der Waals surface area contributed by atoms with Crippen molar-refractivity contribution in [2.45, 2.75) is 6.54 Å². The van der Waals surface area contributed by atoms with E-state index in [0.717, 1.165) is 50.5 Å². The summed E-state index contributed by atoms with van der Waals surface area (Å²) >= 11 is 0. The third-order valence-corrected chi connectivity index (χ3v) is 9.58. The summed E-state index contributed by atoms with van der Waals surface area (Å²) in [5.74, 6) is 0.966. The van der Waals surface area contributed by atoms with E-state index < -0.39 is 0 Å². The molecular formula is C47H34N2O. The molecule has 1 aliphatic heterocycles. The van der Waals surface area contributed by atoms with Gasteiger partial charge in [-0.25, -0.2) is 0 Å². The smallest absolute Gasteiger partial charge is 0.137 e. The van der Waals surface area contributed by atoms with Crippen molar-refractivity contribution in [3.05, 3.63) is 193 Å². The highest BCUT2D eigenvalue weighted by Crippen LogP contribution is 2.43. The molecule has 1 aromatic heterocycles. The predicted molar refractivity (Wildman–Crippen MR) is 209 cm³/mol. The number of para-hydroxylation sites is 1. The maximum Gasteiger partial charge on any atom is 0.137 e.